The Labute approximate surface area is 68.7 Å². The van der Waals surface area contributed by atoms with Crippen LogP contribution in [0.2, 0.25) is 0 Å². The van der Waals surface area contributed by atoms with Crippen molar-refractivity contribution in [3.8, 4) is 0 Å². The zero-order chi connectivity index (χ0) is 9.02. The number of carbonyl (C=O) groups is 1. The average Bonchev–Trinajstić information content (AvgIpc) is 1.84. The highest BCUT2D eigenvalue weighted by atomic mass is 16.1. The van der Waals surface area contributed by atoms with E-state index in [2.05, 4.69) is 25.7 Å². The number of rotatable bonds is 3. The number of nitrogens with one attached hydrogen (secondary N) is 1. The van der Waals surface area contributed by atoms with Crippen LogP contribution in [0.1, 0.15) is 27.7 Å². The van der Waals surface area contributed by atoms with Gasteiger partial charge in [0.15, 0.2) is 0 Å². The molecule has 1 N–H and O–H groups in total. The molecule has 0 aromatic carbocycles. The molecule has 1 amide bonds. The van der Waals surface area contributed by atoms with E-state index in [0.29, 0.717) is 5.92 Å². The Morgan fingerprint density at radius 3 is 2.09 bits per heavy atom. The quantitative estimate of drug-likeness (QED) is 0.618. The third-order valence-corrected chi connectivity index (χ3v) is 1.72. The van der Waals surface area contributed by atoms with Crippen LogP contribution in [0.5, 0.6) is 0 Å². The van der Waals surface area contributed by atoms with Gasteiger partial charge in [-0.25, -0.2) is 0 Å². The minimum absolute atomic E-state index is 0.000648. The van der Waals surface area contributed by atoms with Crippen molar-refractivity contribution in [2.45, 2.75) is 33.7 Å². The fourth-order valence-corrected chi connectivity index (χ4v) is 0.898. The summed E-state index contributed by atoms with van der Waals surface area (Å²) in [5, 5.41) is 2.79. The Morgan fingerprint density at radius 2 is 1.82 bits per heavy atom. The van der Waals surface area contributed by atoms with E-state index in [9.17, 15) is 4.79 Å². The van der Waals surface area contributed by atoms with Crippen molar-refractivity contribution in [1.29, 1.82) is 0 Å². The molecule has 0 saturated heterocycles. The summed E-state index contributed by atoms with van der Waals surface area (Å²) in [5.41, 5.74) is 1.07. The summed E-state index contributed by atoms with van der Waals surface area (Å²) in [6.45, 7) is 11.5. The topological polar surface area (TPSA) is 29.1 Å². The first-order valence-electron chi connectivity index (χ1n) is 3.91. The van der Waals surface area contributed by atoms with Gasteiger partial charge in [-0.05, 0) is 12.8 Å². The van der Waals surface area contributed by atoms with E-state index < -0.39 is 0 Å². The highest BCUT2D eigenvalue weighted by molar-refractivity contribution is 5.73. The standard InChI is InChI=1S/C9H17NO/c1-6(2)7(3)8(4)10-9(5)11/h6,8H,3H2,1-2,4-5H3,(H,10,11). The SMILES string of the molecule is C=C(C(C)C)C(C)NC(C)=O. The maximum Gasteiger partial charge on any atom is 0.217 e. The van der Waals surface area contributed by atoms with Crippen LogP contribution in [-0.2, 0) is 4.79 Å². The molecule has 0 bridgehead atoms. The van der Waals surface area contributed by atoms with Crippen LogP contribution in [-0.4, -0.2) is 11.9 Å². The smallest absolute Gasteiger partial charge is 0.217 e. The summed E-state index contributed by atoms with van der Waals surface area (Å²) in [5.74, 6) is 0.427. The van der Waals surface area contributed by atoms with Gasteiger partial charge in [-0.3, -0.25) is 4.79 Å². The number of hydrogen-bond donors (Lipinski definition) is 1. The molecule has 0 spiro atoms. The molecule has 0 aromatic heterocycles. The molecule has 64 valence electrons. The van der Waals surface area contributed by atoms with Crippen LogP contribution in [0.15, 0.2) is 12.2 Å². The van der Waals surface area contributed by atoms with Gasteiger partial charge in [0.1, 0.15) is 0 Å². The van der Waals surface area contributed by atoms with E-state index in [-0.39, 0.29) is 11.9 Å². The monoisotopic (exact) mass is 155 g/mol. The zero-order valence-corrected chi connectivity index (χ0v) is 7.77. The van der Waals surface area contributed by atoms with Crippen LogP contribution in [0.3, 0.4) is 0 Å². The lowest BCUT2D eigenvalue weighted by Gasteiger charge is -2.18. The fourth-order valence-electron chi connectivity index (χ4n) is 0.898. The molecule has 0 radical (unpaired) electrons. The first-order chi connectivity index (χ1) is 4.95. The van der Waals surface area contributed by atoms with E-state index in [0.717, 1.165) is 5.57 Å². The molecule has 1 atom stereocenters. The molecular weight excluding hydrogens is 138 g/mol. The minimum Gasteiger partial charge on any atom is -0.350 e. The van der Waals surface area contributed by atoms with Gasteiger partial charge in [0.25, 0.3) is 0 Å². The van der Waals surface area contributed by atoms with Crippen LogP contribution in [0.25, 0.3) is 0 Å². The van der Waals surface area contributed by atoms with Crippen molar-refractivity contribution in [3.05, 3.63) is 12.2 Å². The van der Waals surface area contributed by atoms with Crippen molar-refractivity contribution in [2.24, 2.45) is 5.92 Å². The summed E-state index contributed by atoms with van der Waals surface area (Å²) < 4.78 is 0. The zero-order valence-electron chi connectivity index (χ0n) is 7.77. The predicted octanol–water partition coefficient (Wildman–Crippen LogP) is 1.72. The van der Waals surface area contributed by atoms with Gasteiger partial charge >= 0.3 is 0 Å². The Hall–Kier alpha value is -0.790. The third-order valence-electron chi connectivity index (χ3n) is 1.72. The Bertz CT molecular complexity index is 161. The molecular formula is C9H17NO. The van der Waals surface area contributed by atoms with Crippen LogP contribution in [0, 0.1) is 5.92 Å². The van der Waals surface area contributed by atoms with E-state index in [4.69, 9.17) is 0 Å². The average molecular weight is 155 g/mol. The Balaban J connectivity index is 3.93. The summed E-state index contributed by atoms with van der Waals surface area (Å²) >= 11 is 0. The normalized spacial score (nSPS) is 12.8. The van der Waals surface area contributed by atoms with Crippen molar-refractivity contribution in [3.63, 3.8) is 0 Å². The molecule has 0 fully saturated rings. The first-order valence-corrected chi connectivity index (χ1v) is 3.91. The second-order valence-electron chi connectivity index (χ2n) is 3.15. The Morgan fingerprint density at radius 1 is 1.36 bits per heavy atom. The molecule has 0 rings (SSSR count). The van der Waals surface area contributed by atoms with E-state index in [1.54, 1.807) is 0 Å². The number of amides is 1. The lowest BCUT2D eigenvalue weighted by Crippen LogP contribution is -2.33. The first kappa shape index (κ1) is 10.2. The van der Waals surface area contributed by atoms with Crippen molar-refractivity contribution >= 4 is 5.91 Å². The number of hydrogen-bond acceptors (Lipinski definition) is 1. The van der Waals surface area contributed by atoms with Crippen molar-refractivity contribution in [1.82, 2.24) is 5.32 Å². The van der Waals surface area contributed by atoms with Crippen LogP contribution in [0.4, 0.5) is 0 Å². The minimum atomic E-state index is -0.000648. The van der Waals surface area contributed by atoms with Gasteiger partial charge in [-0.2, -0.15) is 0 Å². The second-order valence-corrected chi connectivity index (χ2v) is 3.15. The lowest BCUT2D eigenvalue weighted by atomic mass is 9.99. The van der Waals surface area contributed by atoms with E-state index in [1.807, 2.05) is 6.92 Å². The highest BCUT2D eigenvalue weighted by Gasteiger charge is 2.09. The Kier molecular flexibility index (Phi) is 3.86. The molecule has 0 aromatic rings. The molecule has 2 heteroatoms. The largest absolute Gasteiger partial charge is 0.350 e. The summed E-state index contributed by atoms with van der Waals surface area (Å²) in [6, 6.07) is 0.0903. The van der Waals surface area contributed by atoms with Crippen molar-refractivity contribution < 1.29 is 4.79 Å². The summed E-state index contributed by atoms with van der Waals surface area (Å²) in [7, 11) is 0. The molecule has 0 heterocycles. The lowest BCUT2D eigenvalue weighted by molar-refractivity contribution is -0.119. The van der Waals surface area contributed by atoms with Crippen molar-refractivity contribution in [2.75, 3.05) is 0 Å². The van der Waals surface area contributed by atoms with E-state index in [1.165, 1.54) is 6.92 Å². The molecule has 0 saturated carbocycles. The molecule has 0 aliphatic rings. The second kappa shape index (κ2) is 4.16. The van der Waals surface area contributed by atoms with E-state index >= 15 is 0 Å². The fraction of sp³-hybridized carbons (Fsp3) is 0.667. The van der Waals surface area contributed by atoms with Crippen LogP contribution >= 0.6 is 0 Å². The van der Waals surface area contributed by atoms with Gasteiger partial charge in [-0.1, -0.05) is 26.0 Å². The summed E-state index contributed by atoms with van der Waals surface area (Å²) in [4.78, 5) is 10.6. The summed E-state index contributed by atoms with van der Waals surface area (Å²) in [6.07, 6.45) is 0. The van der Waals surface area contributed by atoms with Gasteiger partial charge in [0.2, 0.25) is 5.91 Å². The molecule has 1 unspecified atom stereocenters. The predicted molar refractivity (Wildman–Crippen MR) is 47.3 cm³/mol. The van der Waals surface area contributed by atoms with Gasteiger partial charge < -0.3 is 5.32 Å². The van der Waals surface area contributed by atoms with Gasteiger partial charge in [-0.15, -0.1) is 0 Å². The molecule has 2 nitrogen and oxygen atoms in total. The maximum absolute atomic E-state index is 10.6. The molecule has 11 heavy (non-hydrogen) atoms. The number of carbonyl (C=O) groups excluding carboxylic acids is 1. The molecule has 0 aliphatic heterocycles. The highest BCUT2D eigenvalue weighted by Crippen LogP contribution is 2.10. The third kappa shape index (κ3) is 3.81. The van der Waals surface area contributed by atoms with Gasteiger partial charge in [0, 0.05) is 13.0 Å². The van der Waals surface area contributed by atoms with Gasteiger partial charge in [0.05, 0.1) is 0 Å². The maximum atomic E-state index is 10.6. The molecule has 0 aliphatic carbocycles. The van der Waals surface area contributed by atoms with Crippen LogP contribution < -0.4 is 5.32 Å².